The van der Waals surface area contributed by atoms with Gasteiger partial charge in [-0.1, -0.05) is 24.2 Å². The average molecular weight is 314 g/mol. The molecule has 0 aliphatic carbocycles. The lowest BCUT2D eigenvalue weighted by Gasteiger charge is -2.26. The maximum atomic E-state index is 11.9. The first-order valence-corrected chi connectivity index (χ1v) is 7.40. The molecule has 3 N–H and O–H groups in total. The van der Waals surface area contributed by atoms with Gasteiger partial charge in [0.1, 0.15) is 11.8 Å². The zero-order valence-corrected chi connectivity index (χ0v) is 13.0. The predicted molar refractivity (Wildman–Crippen MR) is 83.7 cm³/mol. The molecule has 1 amide bonds. The minimum atomic E-state index is -0.507. The van der Waals surface area contributed by atoms with Crippen molar-refractivity contribution in [2.24, 2.45) is 5.73 Å². The van der Waals surface area contributed by atoms with Gasteiger partial charge < -0.3 is 15.8 Å². The molecule has 8 nitrogen and oxygen atoms in total. The molecule has 1 aliphatic rings. The topological polar surface area (TPSA) is 108 Å². The Morgan fingerprint density at radius 2 is 2.13 bits per heavy atom. The molecule has 1 atom stereocenters. The van der Waals surface area contributed by atoms with Crippen LogP contribution in [0.2, 0.25) is 0 Å². The number of nitrogens with zero attached hydrogens (tertiary/aromatic N) is 4. The molecule has 1 aliphatic heterocycles. The second-order valence-corrected chi connectivity index (χ2v) is 5.30. The summed E-state index contributed by atoms with van der Waals surface area (Å²) in [6.45, 7) is 4.49. The van der Waals surface area contributed by atoms with Crippen LogP contribution in [0.25, 0.3) is 0 Å². The summed E-state index contributed by atoms with van der Waals surface area (Å²) >= 11 is 0. The summed E-state index contributed by atoms with van der Waals surface area (Å²) in [5.41, 5.74) is 7.51. The van der Waals surface area contributed by atoms with Crippen LogP contribution < -0.4 is 15.8 Å². The fraction of sp³-hybridized carbons (Fsp3) is 0.333. The van der Waals surface area contributed by atoms with Crippen LogP contribution in [-0.4, -0.2) is 32.7 Å². The summed E-state index contributed by atoms with van der Waals surface area (Å²) in [4.78, 5) is 11.9. The fourth-order valence-electron chi connectivity index (χ4n) is 2.61. The Balaban J connectivity index is 2.00. The molecule has 0 bridgehead atoms. The molecule has 3 rings (SSSR count). The van der Waals surface area contributed by atoms with Crippen molar-refractivity contribution < 1.29 is 9.53 Å². The van der Waals surface area contributed by atoms with E-state index in [4.69, 9.17) is 10.5 Å². The van der Waals surface area contributed by atoms with Crippen LogP contribution in [0.15, 0.2) is 35.5 Å². The van der Waals surface area contributed by atoms with Crippen LogP contribution in [0.4, 0.5) is 5.95 Å². The molecule has 0 fully saturated rings. The number of nitrogens with two attached hydrogens (primary N) is 1. The molecule has 2 aromatic rings. The monoisotopic (exact) mass is 314 g/mol. The van der Waals surface area contributed by atoms with Gasteiger partial charge in [-0.25, -0.2) is 0 Å². The number of primary amides is 1. The summed E-state index contributed by atoms with van der Waals surface area (Å²) in [6, 6.07) is 7.06. The number of rotatable bonds is 5. The Kier molecular flexibility index (Phi) is 3.96. The number of allylic oxidation sites excluding steroid dienone is 1. The van der Waals surface area contributed by atoms with Crippen molar-refractivity contribution in [3.8, 4) is 5.75 Å². The molecule has 2 heterocycles. The van der Waals surface area contributed by atoms with Gasteiger partial charge in [0.15, 0.2) is 0 Å². The Labute approximate surface area is 133 Å². The highest BCUT2D eigenvalue weighted by atomic mass is 16.5. The number of nitrogens with one attached hydrogen (secondary N) is 1. The number of ether oxygens (including phenoxy) is 1. The van der Waals surface area contributed by atoms with E-state index in [0.29, 0.717) is 23.8 Å². The fourth-order valence-corrected chi connectivity index (χ4v) is 2.61. The third-order valence-corrected chi connectivity index (χ3v) is 3.65. The van der Waals surface area contributed by atoms with Crippen LogP contribution in [0.5, 0.6) is 5.75 Å². The number of fused-ring (bicyclic) bond motifs is 1. The van der Waals surface area contributed by atoms with Crippen molar-refractivity contribution in [2.45, 2.75) is 26.3 Å². The standard InChI is InChI=1S/C15H18N6O2/c1-3-8-23-11-6-4-10(5-7-11)13-12(14(16)22)9(2)17-15-18-19-20-21(13)15/h4-7,13H,3,8H2,1-2H3,(H2,16,22)(H,17,18,20). The number of anilines is 1. The summed E-state index contributed by atoms with van der Waals surface area (Å²) in [6.07, 6.45) is 0.942. The van der Waals surface area contributed by atoms with E-state index < -0.39 is 11.9 Å². The zero-order chi connectivity index (χ0) is 16.4. The Hall–Kier alpha value is -2.90. The van der Waals surface area contributed by atoms with E-state index in [1.807, 2.05) is 24.3 Å². The van der Waals surface area contributed by atoms with E-state index in [1.54, 1.807) is 11.6 Å². The molecule has 1 aromatic heterocycles. The van der Waals surface area contributed by atoms with E-state index in [1.165, 1.54) is 0 Å². The highest BCUT2D eigenvalue weighted by molar-refractivity contribution is 5.95. The third-order valence-electron chi connectivity index (χ3n) is 3.65. The van der Waals surface area contributed by atoms with Gasteiger partial charge in [-0.15, -0.1) is 0 Å². The number of carbonyl (C=O) groups excluding carboxylic acids is 1. The first-order chi connectivity index (χ1) is 11.1. The zero-order valence-electron chi connectivity index (χ0n) is 13.0. The van der Waals surface area contributed by atoms with Gasteiger partial charge in [0, 0.05) is 5.70 Å². The van der Waals surface area contributed by atoms with Gasteiger partial charge in [0.25, 0.3) is 0 Å². The van der Waals surface area contributed by atoms with E-state index in [2.05, 4.69) is 27.8 Å². The minimum Gasteiger partial charge on any atom is -0.494 e. The molecule has 120 valence electrons. The van der Waals surface area contributed by atoms with Crippen LogP contribution in [-0.2, 0) is 4.79 Å². The Morgan fingerprint density at radius 1 is 1.39 bits per heavy atom. The number of amides is 1. The van der Waals surface area contributed by atoms with Crippen molar-refractivity contribution in [3.63, 3.8) is 0 Å². The second-order valence-electron chi connectivity index (χ2n) is 5.30. The molecule has 1 aromatic carbocycles. The second kappa shape index (κ2) is 6.07. The number of aromatic nitrogens is 4. The molecule has 23 heavy (non-hydrogen) atoms. The average Bonchev–Trinajstić information content (AvgIpc) is 2.99. The van der Waals surface area contributed by atoms with E-state index in [0.717, 1.165) is 17.7 Å². The van der Waals surface area contributed by atoms with Crippen LogP contribution in [0, 0.1) is 0 Å². The number of hydrogen-bond acceptors (Lipinski definition) is 6. The van der Waals surface area contributed by atoms with Crippen molar-refractivity contribution in [1.82, 2.24) is 20.2 Å². The van der Waals surface area contributed by atoms with Crippen molar-refractivity contribution >= 4 is 11.9 Å². The van der Waals surface area contributed by atoms with Crippen LogP contribution in [0.3, 0.4) is 0 Å². The summed E-state index contributed by atoms with van der Waals surface area (Å²) in [5.74, 6) is 0.749. The molecule has 0 saturated carbocycles. The molecular weight excluding hydrogens is 296 g/mol. The molecule has 8 heteroatoms. The molecule has 0 spiro atoms. The number of benzene rings is 1. The summed E-state index contributed by atoms with van der Waals surface area (Å²) < 4.78 is 7.13. The largest absolute Gasteiger partial charge is 0.494 e. The first kappa shape index (κ1) is 15.0. The first-order valence-electron chi connectivity index (χ1n) is 7.40. The highest BCUT2D eigenvalue weighted by Crippen LogP contribution is 2.34. The Bertz CT molecular complexity index is 750. The maximum Gasteiger partial charge on any atom is 0.248 e. The van der Waals surface area contributed by atoms with Gasteiger partial charge in [0.2, 0.25) is 11.9 Å². The third kappa shape index (κ3) is 2.75. The maximum absolute atomic E-state index is 11.9. The molecule has 1 unspecified atom stereocenters. The number of carbonyl (C=O) groups is 1. The summed E-state index contributed by atoms with van der Waals surface area (Å²) in [7, 11) is 0. The molecule has 0 saturated heterocycles. The predicted octanol–water partition coefficient (Wildman–Crippen LogP) is 1.24. The van der Waals surface area contributed by atoms with Gasteiger partial charge in [-0.05, 0) is 41.5 Å². The van der Waals surface area contributed by atoms with Gasteiger partial charge in [-0.3, -0.25) is 4.79 Å². The normalized spacial score (nSPS) is 16.7. The minimum absolute atomic E-state index is 0.437. The lowest BCUT2D eigenvalue weighted by Crippen LogP contribution is -2.31. The van der Waals surface area contributed by atoms with Crippen LogP contribution in [0.1, 0.15) is 31.9 Å². The van der Waals surface area contributed by atoms with Gasteiger partial charge >= 0.3 is 0 Å². The van der Waals surface area contributed by atoms with Crippen molar-refractivity contribution in [1.29, 1.82) is 0 Å². The lowest BCUT2D eigenvalue weighted by molar-refractivity contribution is -0.115. The lowest BCUT2D eigenvalue weighted by atomic mass is 9.95. The number of tetrazole rings is 1. The van der Waals surface area contributed by atoms with E-state index >= 15 is 0 Å². The quantitative estimate of drug-likeness (QED) is 0.859. The highest BCUT2D eigenvalue weighted by Gasteiger charge is 2.32. The van der Waals surface area contributed by atoms with Crippen molar-refractivity contribution in [3.05, 3.63) is 41.1 Å². The van der Waals surface area contributed by atoms with Gasteiger partial charge in [0.05, 0.1) is 12.2 Å². The van der Waals surface area contributed by atoms with Crippen LogP contribution >= 0.6 is 0 Å². The number of hydrogen-bond donors (Lipinski definition) is 2. The van der Waals surface area contributed by atoms with Gasteiger partial charge in [-0.2, -0.15) is 4.68 Å². The molecular formula is C15H18N6O2. The van der Waals surface area contributed by atoms with E-state index in [-0.39, 0.29) is 0 Å². The SMILES string of the molecule is CCCOc1ccc(C2C(C(N)=O)=C(C)Nc3nnnn32)cc1. The van der Waals surface area contributed by atoms with Crippen molar-refractivity contribution in [2.75, 3.05) is 11.9 Å². The summed E-state index contributed by atoms with van der Waals surface area (Å²) in [5, 5.41) is 14.5. The Morgan fingerprint density at radius 3 is 2.78 bits per heavy atom. The molecule has 0 radical (unpaired) electrons. The smallest absolute Gasteiger partial charge is 0.248 e. The van der Waals surface area contributed by atoms with E-state index in [9.17, 15) is 4.79 Å².